The van der Waals surface area contributed by atoms with E-state index in [1.807, 2.05) is 0 Å². The Hall–Kier alpha value is -0.640. The average molecular weight is 503 g/mol. The molecule has 0 spiro atoms. The number of aliphatic hydroxyl groups is 10. The minimum atomic E-state index is -1.86. The van der Waals surface area contributed by atoms with Crippen molar-refractivity contribution >= 4 is 0 Å². The van der Waals surface area contributed by atoms with Crippen LogP contribution in [0.5, 0.6) is 0 Å². The third-order valence-electron chi connectivity index (χ3n) is 6.17. The number of aliphatic hydroxyl groups excluding tert-OH is 10. The van der Waals surface area contributed by atoms with E-state index in [0.717, 1.165) is 0 Å². The Kier molecular flexibility index (Phi) is 9.54. The van der Waals surface area contributed by atoms with E-state index in [0.29, 0.717) is 0 Å². The summed E-state index contributed by atoms with van der Waals surface area (Å²) in [5.41, 5.74) is 5.66. The van der Waals surface area contributed by atoms with Crippen molar-refractivity contribution in [2.24, 2.45) is 5.73 Å². The van der Waals surface area contributed by atoms with Crippen molar-refractivity contribution in [3.8, 4) is 0 Å². The SMILES string of the molecule is N[C@H]1C(O)O[C@H](CO)[C@@H](O[C@@H]2O[C@H](CO)[C@H](O)[C@H](O[C@H]3O[C@H](CO)[C@H](O)[C@H](O)[C@H]3O)[C@H]2O)[C@@H]1O. The van der Waals surface area contributed by atoms with E-state index in [1.54, 1.807) is 0 Å². The highest BCUT2D eigenvalue weighted by Gasteiger charge is 2.53. The van der Waals surface area contributed by atoms with Crippen molar-refractivity contribution in [3.05, 3.63) is 0 Å². The summed E-state index contributed by atoms with van der Waals surface area (Å²) >= 11 is 0. The third kappa shape index (κ3) is 5.37. The van der Waals surface area contributed by atoms with Gasteiger partial charge in [0.25, 0.3) is 0 Å². The second-order valence-corrected chi connectivity index (χ2v) is 8.42. The van der Waals surface area contributed by atoms with Crippen LogP contribution in [0.15, 0.2) is 0 Å². The fraction of sp³-hybridized carbons (Fsp3) is 1.00. The van der Waals surface area contributed by atoms with Gasteiger partial charge < -0.3 is 80.5 Å². The van der Waals surface area contributed by atoms with Crippen LogP contribution in [0.2, 0.25) is 0 Å². The molecule has 200 valence electrons. The number of rotatable bonds is 7. The van der Waals surface area contributed by atoms with E-state index >= 15 is 0 Å². The fourth-order valence-corrected chi connectivity index (χ4v) is 4.09. The molecule has 1 unspecified atom stereocenters. The van der Waals surface area contributed by atoms with Gasteiger partial charge in [0.2, 0.25) is 0 Å². The number of hydrogen-bond acceptors (Lipinski definition) is 16. The largest absolute Gasteiger partial charge is 0.394 e. The van der Waals surface area contributed by atoms with Crippen molar-refractivity contribution in [2.75, 3.05) is 19.8 Å². The topological polar surface area (TPSA) is 274 Å². The smallest absolute Gasteiger partial charge is 0.187 e. The van der Waals surface area contributed by atoms with Gasteiger partial charge in [-0.3, -0.25) is 0 Å². The molecule has 3 fully saturated rings. The molecule has 0 radical (unpaired) electrons. The summed E-state index contributed by atoms with van der Waals surface area (Å²) in [7, 11) is 0. The normalized spacial score (nSPS) is 52.5. The van der Waals surface area contributed by atoms with Crippen molar-refractivity contribution in [1.82, 2.24) is 0 Å². The van der Waals surface area contributed by atoms with Crippen molar-refractivity contribution in [3.63, 3.8) is 0 Å². The monoisotopic (exact) mass is 503 g/mol. The number of ether oxygens (including phenoxy) is 5. The third-order valence-corrected chi connectivity index (χ3v) is 6.17. The van der Waals surface area contributed by atoms with Crippen molar-refractivity contribution in [2.45, 2.75) is 92.1 Å². The summed E-state index contributed by atoms with van der Waals surface area (Å²) < 4.78 is 26.7. The molecule has 3 aliphatic rings. The molecular formula is C18H33NO15. The molecule has 15 atom stereocenters. The molecule has 0 bridgehead atoms. The van der Waals surface area contributed by atoms with Crippen LogP contribution in [-0.2, 0) is 23.7 Å². The first-order chi connectivity index (χ1) is 16.0. The lowest BCUT2D eigenvalue weighted by atomic mass is 9.95. The molecule has 3 heterocycles. The predicted octanol–water partition coefficient (Wildman–Crippen LogP) is -7.61. The summed E-state index contributed by atoms with van der Waals surface area (Å²) in [4.78, 5) is 0. The first-order valence-electron chi connectivity index (χ1n) is 10.7. The van der Waals surface area contributed by atoms with Crippen LogP contribution < -0.4 is 5.73 Å². The lowest BCUT2D eigenvalue weighted by molar-refractivity contribution is -0.374. The summed E-state index contributed by atoms with van der Waals surface area (Å²) in [6.45, 7) is -2.25. The van der Waals surface area contributed by atoms with Crippen molar-refractivity contribution in [1.29, 1.82) is 0 Å². The van der Waals surface area contributed by atoms with Gasteiger partial charge in [0, 0.05) is 0 Å². The van der Waals surface area contributed by atoms with Crippen LogP contribution in [0.25, 0.3) is 0 Å². The van der Waals surface area contributed by atoms with E-state index in [-0.39, 0.29) is 0 Å². The van der Waals surface area contributed by atoms with Crippen LogP contribution in [0.4, 0.5) is 0 Å². The van der Waals surface area contributed by atoms with Crippen LogP contribution in [0.3, 0.4) is 0 Å². The molecule has 0 saturated carbocycles. The Morgan fingerprint density at radius 2 is 1.03 bits per heavy atom. The lowest BCUT2D eigenvalue weighted by Gasteiger charge is -2.48. The van der Waals surface area contributed by atoms with Gasteiger partial charge in [0.15, 0.2) is 18.9 Å². The Morgan fingerprint density at radius 3 is 1.59 bits per heavy atom. The van der Waals surface area contributed by atoms with Crippen LogP contribution >= 0.6 is 0 Å². The molecule has 0 amide bonds. The Morgan fingerprint density at radius 1 is 0.529 bits per heavy atom. The van der Waals surface area contributed by atoms with Crippen LogP contribution in [0.1, 0.15) is 0 Å². The minimum absolute atomic E-state index is 0.717. The highest BCUT2D eigenvalue weighted by Crippen LogP contribution is 2.32. The zero-order chi connectivity index (χ0) is 25.3. The summed E-state index contributed by atoms with van der Waals surface area (Å²) in [5, 5.41) is 99.9. The van der Waals surface area contributed by atoms with Gasteiger partial charge in [-0.15, -0.1) is 0 Å². The van der Waals surface area contributed by atoms with Gasteiger partial charge in [0.1, 0.15) is 67.1 Å². The van der Waals surface area contributed by atoms with Crippen LogP contribution in [0, 0.1) is 0 Å². The molecule has 16 heteroatoms. The first kappa shape index (κ1) is 27.9. The predicted molar refractivity (Wildman–Crippen MR) is 103 cm³/mol. The van der Waals surface area contributed by atoms with E-state index < -0.39 is 112 Å². The van der Waals surface area contributed by atoms with Gasteiger partial charge >= 0.3 is 0 Å². The second kappa shape index (κ2) is 11.6. The fourth-order valence-electron chi connectivity index (χ4n) is 4.09. The lowest BCUT2D eigenvalue weighted by Crippen LogP contribution is -2.67. The molecule has 3 aliphatic heterocycles. The maximum absolute atomic E-state index is 10.8. The quantitative estimate of drug-likeness (QED) is 0.154. The second-order valence-electron chi connectivity index (χ2n) is 8.42. The highest BCUT2D eigenvalue weighted by atomic mass is 16.7. The summed E-state index contributed by atoms with van der Waals surface area (Å²) in [6.07, 6.45) is -22.7. The van der Waals surface area contributed by atoms with E-state index in [9.17, 15) is 51.1 Å². The number of hydrogen-bond donors (Lipinski definition) is 11. The van der Waals surface area contributed by atoms with Gasteiger partial charge in [0.05, 0.1) is 25.9 Å². The maximum atomic E-state index is 10.8. The van der Waals surface area contributed by atoms with Gasteiger partial charge in [-0.1, -0.05) is 0 Å². The molecular weight excluding hydrogens is 470 g/mol. The van der Waals surface area contributed by atoms with Gasteiger partial charge in [-0.05, 0) is 0 Å². The van der Waals surface area contributed by atoms with E-state index in [4.69, 9.17) is 29.4 Å². The molecule has 16 nitrogen and oxygen atoms in total. The molecule has 3 rings (SSSR count). The Bertz CT molecular complexity index is 642. The maximum Gasteiger partial charge on any atom is 0.187 e. The molecule has 0 aromatic heterocycles. The molecule has 12 N–H and O–H groups in total. The minimum Gasteiger partial charge on any atom is -0.394 e. The molecule has 0 aliphatic carbocycles. The summed E-state index contributed by atoms with van der Waals surface area (Å²) in [6, 6.07) is -1.34. The molecule has 34 heavy (non-hydrogen) atoms. The number of nitrogens with two attached hydrogens (primary N) is 1. The molecule has 3 saturated heterocycles. The molecule has 0 aromatic carbocycles. The zero-order valence-corrected chi connectivity index (χ0v) is 17.9. The standard InChI is InChI=1S/C18H33NO15/c19-7-10(25)14(6(3-22)30-16(7)29)33-18-13(28)15(9(24)5(2-21)32-18)34-17-12(27)11(26)8(23)4(1-20)31-17/h4-18,20-29H,1-3,19H2/t4-,5-,6-,7-,8+,9+,10-,11+,12-,13-,14-,15+,16?,17-,18+/m1/s1. The van der Waals surface area contributed by atoms with E-state index in [1.165, 1.54) is 0 Å². The summed E-state index contributed by atoms with van der Waals surface area (Å²) in [5.74, 6) is 0. The van der Waals surface area contributed by atoms with Gasteiger partial charge in [-0.2, -0.15) is 0 Å². The Balaban J connectivity index is 1.78. The van der Waals surface area contributed by atoms with Gasteiger partial charge in [-0.25, -0.2) is 0 Å². The molecule has 0 aromatic rings. The zero-order valence-electron chi connectivity index (χ0n) is 17.9. The highest BCUT2D eigenvalue weighted by molar-refractivity contribution is 4.96. The van der Waals surface area contributed by atoms with Crippen LogP contribution in [-0.4, -0.2) is 163 Å². The Labute approximate surface area is 193 Å². The average Bonchev–Trinajstić information content (AvgIpc) is 2.83. The van der Waals surface area contributed by atoms with Crippen molar-refractivity contribution < 1.29 is 74.7 Å². The first-order valence-corrected chi connectivity index (χ1v) is 10.7. The van der Waals surface area contributed by atoms with E-state index in [2.05, 4.69) is 0 Å².